The van der Waals surface area contributed by atoms with Gasteiger partial charge in [-0.3, -0.25) is 14.9 Å². The van der Waals surface area contributed by atoms with Crippen LogP contribution in [0.2, 0.25) is 0 Å². The Labute approximate surface area is 174 Å². The average Bonchev–Trinajstić information content (AvgIpc) is 2.73. The number of benzene rings is 2. The minimum Gasteiger partial charge on any atom is -0.495 e. The monoisotopic (exact) mass is 433 g/mol. The number of amides is 1. The van der Waals surface area contributed by atoms with Gasteiger partial charge in [0.2, 0.25) is 10.0 Å². The summed E-state index contributed by atoms with van der Waals surface area (Å²) in [6.07, 6.45) is 2.59. The first-order valence-electron chi connectivity index (χ1n) is 9.49. The van der Waals surface area contributed by atoms with Gasteiger partial charge in [-0.2, -0.15) is 4.31 Å². The predicted octanol–water partition coefficient (Wildman–Crippen LogP) is 3.42. The fourth-order valence-corrected chi connectivity index (χ4v) is 5.21. The molecular formula is C20H23N3O6S. The number of non-ortho nitro benzene ring substituents is 1. The van der Waals surface area contributed by atoms with Crippen LogP contribution in [-0.4, -0.2) is 43.2 Å². The summed E-state index contributed by atoms with van der Waals surface area (Å²) in [4.78, 5) is 23.2. The van der Waals surface area contributed by atoms with E-state index in [0.29, 0.717) is 6.54 Å². The van der Waals surface area contributed by atoms with Crippen LogP contribution in [0.5, 0.6) is 5.75 Å². The van der Waals surface area contributed by atoms with E-state index in [0.717, 1.165) is 19.3 Å². The van der Waals surface area contributed by atoms with E-state index in [4.69, 9.17) is 4.74 Å². The fraction of sp³-hybridized carbons (Fsp3) is 0.350. The molecule has 1 atom stereocenters. The number of piperidine rings is 1. The minimum atomic E-state index is -3.73. The second kappa shape index (κ2) is 8.80. The summed E-state index contributed by atoms with van der Waals surface area (Å²) in [5, 5.41) is 13.6. The molecule has 9 nitrogen and oxygen atoms in total. The van der Waals surface area contributed by atoms with Gasteiger partial charge >= 0.3 is 0 Å². The highest BCUT2D eigenvalue weighted by Gasteiger charge is 2.31. The lowest BCUT2D eigenvalue weighted by molar-refractivity contribution is -0.384. The Morgan fingerprint density at radius 1 is 1.23 bits per heavy atom. The van der Waals surface area contributed by atoms with Crippen molar-refractivity contribution in [3.63, 3.8) is 0 Å². The number of ether oxygens (including phenoxy) is 1. The van der Waals surface area contributed by atoms with Gasteiger partial charge in [0.15, 0.2) is 0 Å². The third kappa shape index (κ3) is 4.44. The first-order valence-corrected chi connectivity index (χ1v) is 10.9. The number of sulfonamides is 1. The van der Waals surface area contributed by atoms with Crippen LogP contribution in [-0.2, 0) is 10.0 Å². The molecule has 0 unspecified atom stereocenters. The summed E-state index contributed by atoms with van der Waals surface area (Å²) in [5.74, 6) is -0.350. The second-order valence-electron chi connectivity index (χ2n) is 7.08. The lowest BCUT2D eigenvalue weighted by atomic mass is 10.1. The number of hydrogen-bond donors (Lipinski definition) is 1. The zero-order valence-corrected chi connectivity index (χ0v) is 17.5. The molecule has 0 aromatic heterocycles. The summed E-state index contributed by atoms with van der Waals surface area (Å²) < 4.78 is 32.7. The number of carbonyl (C=O) groups excluding carboxylic acids is 1. The number of nitrogens with one attached hydrogen (secondary N) is 1. The van der Waals surface area contributed by atoms with E-state index in [1.165, 1.54) is 53.9 Å². The van der Waals surface area contributed by atoms with Crippen LogP contribution in [0.15, 0.2) is 47.4 Å². The van der Waals surface area contributed by atoms with Gasteiger partial charge in [-0.1, -0.05) is 12.5 Å². The lowest BCUT2D eigenvalue weighted by Crippen LogP contribution is -2.41. The topological polar surface area (TPSA) is 119 Å². The fourth-order valence-electron chi connectivity index (χ4n) is 3.46. The van der Waals surface area contributed by atoms with Crippen LogP contribution < -0.4 is 10.1 Å². The maximum absolute atomic E-state index is 13.1. The van der Waals surface area contributed by atoms with Gasteiger partial charge in [0.25, 0.3) is 11.6 Å². The van der Waals surface area contributed by atoms with Crippen LogP contribution in [0.25, 0.3) is 0 Å². The van der Waals surface area contributed by atoms with Gasteiger partial charge in [0.1, 0.15) is 5.75 Å². The number of hydrogen-bond acceptors (Lipinski definition) is 6. The van der Waals surface area contributed by atoms with E-state index >= 15 is 0 Å². The normalized spacial score (nSPS) is 17.3. The Hall–Kier alpha value is -2.98. The van der Waals surface area contributed by atoms with Crippen molar-refractivity contribution < 1.29 is 22.9 Å². The third-order valence-electron chi connectivity index (χ3n) is 5.09. The molecule has 1 fully saturated rings. The molecule has 1 saturated heterocycles. The van der Waals surface area contributed by atoms with Crippen molar-refractivity contribution in [2.24, 2.45) is 0 Å². The molecule has 0 aliphatic carbocycles. The lowest BCUT2D eigenvalue weighted by Gasteiger charge is -2.32. The van der Waals surface area contributed by atoms with E-state index in [2.05, 4.69) is 5.32 Å². The van der Waals surface area contributed by atoms with Gasteiger partial charge in [-0.25, -0.2) is 8.42 Å². The first kappa shape index (κ1) is 21.7. The van der Waals surface area contributed by atoms with Gasteiger partial charge < -0.3 is 10.1 Å². The zero-order valence-electron chi connectivity index (χ0n) is 16.7. The highest BCUT2D eigenvalue weighted by molar-refractivity contribution is 7.89. The summed E-state index contributed by atoms with van der Waals surface area (Å²) in [5.41, 5.74) is 0.0328. The number of nitro groups is 1. The second-order valence-corrected chi connectivity index (χ2v) is 8.97. The van der Waals surface area contributed by atoms with Gasteiger partial charge in [0.05, 0.1) is 22.6 Å². The van der Waals surface area contributed by atoms with Crippen LogP contribution >= 0.6 is 0 Å². The molecule has 1 aliphatic rings. The molecule has 10 heteroatoms. The molecule has 2 aromatic carbocycles. The van der Waals surface area contributed by atoms with E-state index in [1.807, 2.05) is 6.92 Å². The maximum atomic E-state index is 13.1. The van der Waals surface area contributed by atoms with E-state index in [-0.39, 0.29) is 33.6 Å². The molecule has 1 amide bonds. The summed E-state index contributed by atoms with van der Waals surface area (Å²) in [7, 11) is -2.35. The number of nitrogens with zero attached hydrogens (tertiary/aromatic N) is 2. The summed E-state index contributed by atoms with van der Waals surface area (Å²) >= 11 is 0. The van der Waals surface area contributed by atoms with Crippen molar-refractivity contribution >= 4 is 27.3 Å². The molecule has 3 rings (SSSR count). The smallest absolute Gasteiger partial charge is 0.271 e. The molecule has 1 aliphatic heterocycles. The van der Waals surface area contributed by atoms with E-state index in [1.54, 1.807) is 0 Å². The SMILES string of the molecule is COc1ccc([N+](=O)[O-])cc1NC(=O)c1cccc(S(=O)(=O)N2CCCC[C@@H]2C)c1. The van der Waals surface area contributed by atoms with Crippen LogP contribution in [0.1, 0.15) is 36.5 Å². The maximum Gasteiger partial charge on any atom is 0.271 e. The molecule has 2 aromatic rings. The average molecular weight is 433 g/mol. The molecular weight excluding hydrogens is 410 g/mol. The van der Waals surface area contributed by atoms with Gasteiger partial charge in [-0.15, -0.1) is 0 Å². The van der Waals surface area contributed by atoms with Crippen LogP contribution in [0.3, 0.4) is 0 Å². The first-order chi connectivity index (χ1) is 14.2. The standard InChI is InChI=1S/C20H23N3O6S/c1-14-6-3-4-11-22(14)30(27,28)17-8-5-7-15(12-17)20(24)21-18-13-16(23(25)26)9-10-19(18)29-2/h5,7-10,12-14H,3-4,6,11H2,1-2H3,(H,21,24)/t14-/m0/s1. The highest BCUT2D eigenvalue weighted by atomic mass is 32.2. The number of anilines is 1. The van der Waals surface area contributed by atoms with E-state index < -0.39 is 20.9 Å². The molecule has 0 radical (unpaired) electrons. The molecule has 1 N–H and O–H groups in total. The zero-order chi connectivity index (χ0) is 21.9. The number of rotatable bonds is 6. The van der Waals surface area contributed by atoms with Crippen LogP contribution in [0, 0.1) is 10.1 Å². The molecule has 0 saturated carbocycles. The summed E-state index contributed by atoms with van der Waals surface area (Å²) in [6, 6.07) is 9.49. The number of nitro benzene ring substituents is 1. The Kier molecular flexibility index (Phi) is 6.37. The van der Waals surface area contributed by atoms with Crippen molar-refractivity contribution in [3.8, 4) is 5.75 Å². The Bertz CT molecular complexity index is 1070. The number of methoxy groups -OCH3 is 1. The highest BCUT2D eigenvalue weighted by Crippen LogP contribution is 2.30. The summed E-state index contributed by atoms with van der Waals surface area (Å²) in [6.45, 7) is 2.33. The quantitative estimate of drug-likeness (QED) is 0.551. The molecule has 30 heavy (non-hydrogen) atoms. The largest absolute Gasteiger partial charge is 0.495 e. The molecule has 0 spiro atoms. The van der Waals surface area contributed by atoms with Crippen molar-refractivity contribution in [2.75, 3.05) is 19.0 Å². The molecule has 0 bridgehead atoms. The van der Waals surface area contributed by atoms with Gasteiger partial charge in [-0.05, 0) is 44.0 Å². The Morgan fingerprint density at radius 3 is 2.67 bits per heavy atom. The van der Waals surface area contributed by atoms with Crippen LogP contribution in [0.4, 0.5) is 11.4 Å². The van der Waals surface area contributed by atoms with Crippen molar-refractivity contribution in [1.29, 1.82) is 0 Å². The van der Waals surface area contributed by atoms with Gasteiger partial charge in [0, 0.05) is 30.3 Å². The molecule has 1 heterocycles. The predicted molar refractivity (Wildman–Crippen MR) is 111 cm³/mol. The Morgan fingerprint density at radius 2 is 2.00 bits per heavy atom. The third-order valence-corrected chi connectivity index (χ3v) is 7.10. The van der Waals surface area contributed by atoms with Crippen molar-refractivity contribution in [2.45, 2.75) is 37.1 Å². The number of carbonyl (C=O) groups is 1. The molecule has 160 valence electrons. The van der Waals surface area contributed by atoms with Crippen molar-refractivity contribution in [3.05, 3.63) is 58.1 Å². The van der Waals surface area contributed by atoms with Crippen molar-refractivity contribution in [1.82, 2.24) is 4.31 Å². The Balaban J connectivity index is 1.88. The minimum absolute atomic E-state index is 0.0370. The van der Waals surface area contributed by atoms with E-state index in [9.17, 15) is 23.3 Å².